The van der Waals surface area contributed by atoms with E-state index in [1.807, 2.05) is 26.8 Å². The maximum atomic E-state index is 12.1. The number of nitrogens with zero attached hydrogens (tertiary/aromatic N) is 2. The lowest BCUT2D eigenvalue weighted by atomic mass is 9.94. The van der Waals surface area contributed by atoms with Crippen LogP contribution in [0.1, 0.15) is 33.6 Å². The molecule has 8 heteroatoms. The number of amides is 1. The molecule has 1 aliphatic rings. The highest BCUT2D eigenvalue weighted by Gasteiger charge is 2.27. The predicted octanol–water partition coefficient (Wildman–Crippen LogP) is 2.83. The first-order valence-electron chi connectivity index (χ1n) is 8.71. The number of para-hydroxylation sites is 1. The summed E-state index contributed by atoms with van der Waals surface area (Å²) in [5.41, 5.74) is 0.171. The summed E-state index contributed by atoms with van der Waals surface area (Å²) >= 11 is 1.52. The number of benzene rings is 1. The average molecular weight is 396 g/mol. The monoisotopic (exact) mass is 395 g/mol. The van der Waals surface area contributed by atoms with Crippen molar-refractivity contribution >= 4 is 42.4 Å². The van der Waals surface area contributed by atoms with Crippen molar-refractivity contribution in [1.29, 1.82) is 0 Å². The van der Waals surface area contributed by atoms with Gasteiger partial charge in [-0.05, 0) is 25.0 Å². The average Bonchev–Trinajstić information content (AvgIpc) is 2.97. The highest BCUT2D eigenvalue weighted by Crippen LogP contribution is 2.33. The Morgan fingerprint density at radius 2 is 1.92 bits per heavy atom. The van der Waals surface area contributed by atoms with Gasteiger partial charge in [-0.1, -0.05) is 38.2 Å². The number of anilines is 1. The van der Waals surface area contributed by atoms with Crippen LogP contribution in [0.2, 0.25) is 0 Å². The third kappa shape index (κ3) is 4.01. The number of carbonyl (C=O) groups excluding carboxylic acids is 1. The van der Waals surface area contributed by atoms with Crippen LogP contribution in [0.5, 0.6) is 0 Å². The molecule has 0 atom stereocenters. The molecule has 3 rings (SSSR count). The zero-order chi connectivity index (χ0) is 19.1. The van der Waals surface area contributed by atoms with Gasteiger partial charge in [0.1, 0.15) is 5.52 Å². The number of rotatable bonds is 3. The summed E-state index contributed by atoms with van der Waals surface area (Å²) in [6.07, 6.45) is 2.93. The Morgan fingerprint density at radius 1 is 1.27 bits per heavy atom. The number of fused-ring (bicyclic) bond motifs is 1. The van der Waals surface area contributed by atoms with Gasteiger partial charge in [-0.2, -0.15) is 0 Å². The summed E-state index contributed by atoms with van der Waals surface area (Å²) in [4.78, 5) is 19.2. The molecule has 2 aromatic rings. The lowest BCUT2D eigenvalue weighted by Crippen LogP contribution is -2.47. The summed E-state index contributed by atoms with van der Waals surface area (Å²) in [5.74, 6) is 0.0775. The number of sulfone groups is 1. The van der Waals surface area contributed by atoms with Crippen molar-refractivity contribution in [2.24, 2.45) is 5.41 Å². The van der Waals surface area contributed by atoms with Crippen molar-refractivity contribution in [3.63, 3.8) is 0 Å². The molecule has 6 nitrogen and oxygen atoms in total. The summed E-state index contributed by atoms with van der Waals surface area (Å²) in [5, 5.41) is 3.97. The van der Waals surface area contributed by atoms with Gasteiger partial charge in [0, 0.05) is 30.8 Å². The van der Waals surface area contributed by atoms with E-state index in [0.717, 1.165) is 35.8 Å². The molecule has 0 bridgehead atoms. The third-order valence-corrected chi connectivity index (χ3v) is 6.76. The van der Waals surface area contributed by atoms with E-state index >= 15 is 0 Å². The molecule has 1 amide bonds. The highest BCUT2D eigenvalue weighted by molar-refractivity contribution is 7.91. The van der Waals surface area contributed by atoms with Crippen LogP contribution in [-0.2, 0) is 14.6 Å². The molecule has 26 heavy (non-hydrogen) atoms. The number of hydrogen-bond donors (Lipinski definition) is 1. The predicted molar refractivity (Wildman–Crippen MR) is 106 cm³/mol. The Hall–Kier alpha value is -1.67. The normalized spacial score (nSPS) is 16.8. The van der Waals surface area contributed by atoms with E-state index in [1.165, 1.54) is 17.6 Å². The Kier molecular flexibility index (Phi) is 5.00. The SMILES string of the molecule is CC(C)(C)C(=O)NC1CCN(c2nc3c(S(C)(=O)=O)cccc3s2)CC1. The summed E-state index contributed by atoms with van der Waals surface area (Å²) in [6.45, 7) is 7.33. The second kappa shape index (κ2) is 6.81. The van der Waals surface area contributed by atoms with Gasteiger partial charge in [0.25, 0.3) is 0 Å². The Labute approximate surface area is 158 Å². The quantitative estimate of drug-likeness (QED) is 0.864. The fourth-order valence-corrected chi connectivity index (χ4v) is 4.90. The van der Waals surface area contributed by atoms with Gasteiger partial charge in [0.05, 0.1) is 9.60 Å². The van der Waals surface area contributed by atoms with Crippen LogP contribution >= 0.6 is 11.3 Å². The van der Waals surface area contributed by atoms with E-state index < -0.39 is 9.84 Å². The lowest BCUT2D eigenvalue weighted by molar-refractivity contribution is -0.129. The molecular weight excluding hydrogens is 370 g/mol. The van der Waals surface area contributed by atoms with Gasteiger partial charge < -0.3 is 10.2 Å². The molecule has 1 aromatic heterocycles. The van der Waals surface area contributed by atoms with Crippen LogP contribution in [-0.4, -0.2) is 44.7 Å². The van der Waals surface area contributed by atoms with E-state index in [9.17, 15) is 13.2 Å². The first-order chi connectivity index (χ1) is 12.1. The Morgan fingerprint density at radius 3 is 2.50 bits per heavy atom. The highest BCUT2D eigenvalue weighted by atomic mass is 32.2. The molecule has 1 saturated heterocycles. The second-order valence-electron chi connectivity index (χ2n) is 7.86. The largest absolute Gasteiger partial charge is 0.353 e. The Bertz CT molecular complexity index is 921. The standard InChI is InChI=1S/C18H25N3O3S2/c1-18(2,3)16(22)19-12-8-10-21(11-9-12)17-20-15-13(25-17)6-5-7-14(15)26(4,23)24/h5-7,12H,8-11H2,1-4H3,(H,19,22). The number of carbonyl (C=O) groups is 1. The van der Waals surface area contributed by atoms with Crippen molar-refractivity contribution in [1.82, 2.24) is 10.3 Å². The Balaban J connectivity index is 1.73. The fraction of sp³-hybridized carbons (Fsp3) is 0.556. The molecule has 0 saturated carbocycles. The van der Waals surface area contributed by atoms with E-state index in [0.29, 0.717) is 5.52 Å². The molecule has 1 fully saturated rings. The minimum Gasteiger partial charge on any atom is -0.353 e. The minimum atomic E-state index is -3.30. The number of thiazole rings is 1. The molecule has 2 heterocycles. The minimum absolute atomic E-state index is 0.0775. The summed E-state index contributed by atoms with van der Waals surface area (Å²) in [6, 6.07) is 5.45. The van der Waals surface area contributed by atoms with Crippen molar-refractivity contribution in [2.75, 3.05) is 24.2 Å². The third-order valence-electron chi connectivity index (χ3n) is 4.55. The van der Waals surface area contributed by atoms with E-state index in [-0.39, 0.29) is 22.3 Å². The molecule has 1 aliphatic heterocycles. The summed E-state index contributed by atoms with van der Waals surface area (Å²) in [7, 11) is -3.30. The van der Waals surface area contributed by atoms with E-state index in [2.05, 4.69) is 15.2 Å². The van der Waals surface area contributed by atoms with Gasteiger partial charge in [0.15, 0.2) is 15.0 Å². The number of nitrogens with one attached hydrogen (secondary N) is 1. The lowest BCUT2D eigenvalue weighted by Gasteiger charge is -2.33. The van der Waals surface area contributed by atoms with E-state index in [4.69, 9.17) is 0 Å². The maximum Gasteiger partial charge on any atom is 0.225 e. The van der Waals surface area contributed by atoms with Crippen LogP contribution in [0.4, 0.5) is 5.13 Å². The van der Waals surface area contributed by atoms with E-state index in [1.54, 1.807) is 12.1 Å². The van der Waals surface area contributed by atoms with Crippen molar-refractivity contribution in [2.45, 2.75) is 44.6 Å². The van der Waals surface area contributed by atoms with Gasteiger partial charge >= 0.3 is 0 Å². The second-order valence-corrected chi connectivity index (χ2v) is 10.8. The van der Waals surface area contributed by atoms with Gasteiger partial charge in [-0.25, -0.2) is 13.4 Å². The number of hydrogen-bond acceptors (Lipinski definition) is 6. The number of piperidine rings is 1. The number of aromatic nitrogens is 1. The molecule has 142 valence electrons. The molecule has 1 N–H and O–H groups in total. The van der Waals surface area contributed by atoms with Crippen molar-refractivity contribution in [3.05, 3.63) is 18.2 Å². The van der Waals surface area contributed by atoms with Gasteiger partial charge in [0.2, 0.25) is 5.91 Å². The van der Waals surface area contributed by atoms with Crippen LogP contribution in [0.15, 0.2) is 23.1 Å². The van der Waals surface area contributed by atoms with Gasteiger partial charge in [-0.15, -0.1) is 0 Å². The molecule has 0 radical (unpaired) electrons. The molecule has 0 aliphatic carbocycles. The zero-order valence-corrected chi connectivity index (χ0v) is 17.2. The van der Waals surface area contributed by atoms with Crippen LogP contribution in [0.25, 0.3) is 10.2 Å². The molecule has 0 spiro atoms. The van der Waals surface area contributed by atoms with Crippen molar-refractivity contribution < 1.29 is 13.2 Å². The van der Waals surface area contributed by atoms with Gasteiger partial charge in [-0.3, -0.25) is 4.79 Å². The van der Waals surface area contributed by atoms with Crippen molar-refractivity contribution in [3.8, 4) is 0 Å². The van der Waals surface area contributed by atoms with Crippen LogP contribution < -0.4 is 10.2 Å². The topological polar surface area (TPSA) is 79.4 Å². The fourth-order valence-electron chi connectivity index (χ4n) is 2.96. The molecule has 0 unspecified atom stereocenters. The molecule has 1 aromatic carbocycles. The van der Waals surface area contributed by atoms with Crippen LogP contribution in [0.3, 0.4) is 0 Å². The van der Waals surface area contributed by atoms with Crippen LogP contribution in [0, 0.1) is 5.41 Å². The maximum absolute atomic E-state index is 12.1. The first kappa shape index (κ1) is 19.1. The smallest absolute Gasteiger partial charge is 0.225 e. The zero-order valence-electron chi connectivity index (χ0n) is 15.6. The summed E-state index contributed by atoms with van der Waals surface area (Å²) < 4.78 is 24.8. The molecular formula is C18H25N3O3S2. The first-order valence-corrected chi connectivity index (χ1v) is 11.4.